The van der Waals surface area contributed by atoms with E-state index in [1.54, 1.807) is 0 Å². The average molecular weight is 437 g/mol. The second-order valence-electron chi connectivity index (χ2n) is 7.12. The highest BCUT2D eigenvalue weighted by Crippen LogP contribution is 2.47. The van der Waals surface area contributed by atoms with Gasteiger partial charge in [0.1, 0.15) is 0 Å². The van der Waals surface area contributed by atoms with Gasteiger partial charge in [-0.25, -0.2) is 0 Å². The molecule has 4 unspecified atom stereocenters. The predicted molar refractivity (Wildman–Crippen MR) is 103 cm³/mol. The van der Waals surface area contributed by atoms with Gasteiger partial charge in [-0.1, -0.05) is 13.8 Å². The number of nitrogens with zero attached hydrogens (tertiary/aromatic N) is 2. The van der Waals surface area contributed by atoms with Crippen molar-refractivity contribution in [2.45, 2.75) is 64.3 Å². The molecule has 5 nitrogen and oxygen atoms in total. The number of nitrogens with one attached hydrogen (secondary N) is 1. The molecule has 2 bridgehead atoms. The van der Waals surface area contributed by atoms with Gasteiger partial charge in [0.25, 0.3) is 0 Å². The molecule has 2 N–H and O–H groups in total. The van der Waals surface area contributed by atoms with E-state index in [1.807, 2.05) is 13.8 Å². The minimum Gasteiger partial charge on any atom is -0.388 e. The van der Waals surface area contributed by atoms with Crippen LogP contribution in [-0.4, -0.2) is 60.0 Å². The van der Waals surface area contributed by atoms with Gasteiger partial charge in [0.15, 0.2) is 5.96 Å². The molecular weight excluding hydrogens is 405 g/mol. The number of hydrogen-bond donors (Lipinski definition) is 2. The number of likely N-dealkylation sites (tertiary alicyclic amines) is 1. The second kappa shape index (κ2) is 7.87. The number of halogens is 1. The zero-order valence-corrected chi connectivity index (χ0v) is 17.0. The Labute approximate surface area is 157 Å². The highest BCUT2D eigenvalue weighted by Gasteiger charge is 2.53. The number of aliphatic hydroxyl groups is 1. The van der Waals surface area contributed by atoms with Crippen LogP contribution in [0.25, 0.3) is 0 Å². The Hall–Kier alpha value is -0.0800. The summed E-state index contributed by atoms with van der Waals surface area (Å²) in [6.45, 7) is 9.61. The molecule has 0 aromatic heterocycles. The third-order valence-electron chi connectivity index (χ3n) is 5.93. The van der Waals surface area contributed by atoms with Crippen molar-refractivity contribution in [2.75, 3.05) is 26.2 Å². The fourth-order valence-electron chi connectivity index (χ4n) is 4.25. The van der Waals surface area contributed by atoms with Gasteiger partial charge >= 0.3 is 0 Å². The van der Waals surface area contributed by atoms with Crippen molar-refractivity contribution < 1.29 is 9.84 Å². The summed E-state index contributed by atoms with van der Waals surface area (Å²) < 4.78 is 6.05. The topological polar surface area (TPSA) is 57.1 Å². The second-order valence-corrected chi connectivity index (χ2v) is 7.12. The standard InChI is InChI=1S/C17H31N3O2.HI/c1-4-17(21,5-2)11-19-16(18-6-3)20-9-12-13(10-20)15-8-7-14(12)22-15;/h12-15,21H,4-11H2,1-3H3,(H,18,19);1H. The number of guanidine groups is 1. The highest BCUT2D eigenvalue weighted by atomic mass is 127. The number of aliphatic imine (C=N–C) groups is 1. The van der Waals surface area contributed by atoms with E-state index in [0.717, 1.165) is 38.4 Å². The first kappa shape index (κ1) is 19.2. The van der Waals surface area contributed by atoms with Crippen molar-refractivity contribution in [3.05, 3.63) is 0 Å². The molecule has 0 spiro atoms. The van der Waals surface area contributed by atoms with Gasteiger partial charge in [-0.15, -0.1) is 24.0 Å². The molecule has 3 heterocycles. The number of fused-ring (bicyclic) bond motifs is 5. The summed E-state index contributed by atoms with van der Waals surface area (Å²) in [5.74, 6) is 2.33. The van der Waals surface area contributed by atoms with E-state index in [-0.39, 0.29) is 24.0 Å². The molecule has 4 atom stereocenters. The Bertz CT molecular complexity index is 410. The van der Waals surface area contributed by atoms with Crippen molar-refractivity contribution in [3.8, 4) is 0 Å². The maximum absolute atomic E-state index is 10.5. The molecule has 3 aliphatic heterocycles. The molecule has 134 valence electrons. The first-order valence-electron chi connectivity index (χ1n) is 9.01. The molecule has 0 radical (unpaired) electrons. The van der Waals surface area contributed by atoms with E-state index in [2.05, 4.69) is 17.1 Å². The molecule has 0 aromatic rings. The molecule has 3 rings (SSSR count). The monoisotopic (exact) mass is 437 g/mol. The maximum atomic E-state index is 10.5. The average Bonchev–Trinajstić information content (AvgIpc) is 3.22. The van der Waals surface area contributed by atoms with Gasteiger partial charge in [-0.2, -0.15) is 0 Å². The first-order valence-corrected chi connectivity index (χ1v) is 9.01. The molecule has 0 saturated carbocycles. The molecule has 3 fully saturated rings. The van der Waals surface area contributed by atoms with Gasteiger partial charge in [-0.05, 0) is 32.6 Å². The van der Waals surface area contributed by atoms with Crippen molar-refractivity contribution in [3.63, 3.8) is 0 Å². The van der Waals surface area contributed by atoms with E-state index >= 15 is 0 Å². The van der Waals surface area contributed by atoms with Crippen molar-refractivity contribution in [1.29, 1.82) is 0 Å². The van der Waals surface area contributed by atoms with Crippen molar-refractivity contribution in [1.82, 2.24) is 10.2 Å². The van der Waals surface area contributed by atoms with Gasteiger partial charge in [-0.3, -0.25) is 4.99 Å². The maximum Gasteiger partial charge on any atom is 0.194 e. The fourth-order valence-corrected chi connectivity index (χ4v) is 4.25. The normalized spacial score (nSPS) is 32.9. The summed E-state index contributed by atoms with van der Waals surface area (Å²) in [7, 11) is 0. The molecule has 3 aliphatic rings. The Kier molecular flexibility index (Phi) is 6.58. The summed E-state index contributed by atoms with van der Waals surface area (Å²) >= 11 is 0. The summed E-state index contributed by atoms with van der Waals surface area (Å²) in [4.78, 5) is 7.13. The fraction of sp³-hybridized carbons (Fsp3) is 0.941. The zero-order valence-electron chi connectivity index (χ0n) is 14.6. The van der Waals surface area contributed by atoms with Gasteiger partial charge in [0.05, 0.1) is 24.4 Å². The van der Waals surface area contributed by atoms with Gasteiger partial charge in [0.2, 0.25) is 0 Å². The highest BCUT2D eigenvalue weighted by molar-refractivity contribution is 14.0. The lowest BCUT2D eigenvalue weighted by Gasteiger charge is -2.27. The van der Waals surface area contributed by atoms with E-state index in [9.17, 15) is 5.11 Å². The van der Waals surface area contributed by atoms with Gasteiger partial charge in [0, 0.05) is 31.5 Å². The van der Waals surface area contributed by atoms with Crippen LogP contribution in [0.2, 0.25) is 0 Å². The number of rotatable bonds is 5. The van der Waals surface area contributed by atoms with Crippen LogP contribution < -0.4 is 5.32 Å². The molecule has 0 aliphatic carbocycles. The lowest BCUT2D eigenvalue weighted by Crippen LogP contribution is -2.43. The van der Waals surface area contributed by atoms with Crippen molar-refractivity contribution in [2.24, 2.45) is 16.8 Å². The van der Waals surface area contributed by atoms with E-state index in [0.29, 0.717) is 30.6 Å². The lowest BCUT2D eigenvalue weighted by atomic mass is 9.82. The Morgan fingerprint density at radius 1 is 1.17 bits per heavy atom. The van der Waals surface area contributed by atoms with Crippen LogP contribution in [0, 0.1) is 11.8 Å². The Morgan fingerprint density at radius 3 is 2.22 bits per heavy atom. The minimum absolute atomic E-state index is 0. The van der Waals surface area contributed by atoms with Crippen LogP contribution in [0.3, 0.4) is 0 Å². The van der Waals surface area contributed by atoms with Crippen molar-refractivity contribution >= 4 is 29.9 Å². The van der Waals surface area contributed by atoms with E-state index in [1.165, 1.54) is 12.8 Å². The first-order chi connectivity index (χ1) is 10.6. The Morgan fingerprint density at radius 2 is 1.74 bits per heavy atom. The molecule has 0 amide bonds. The van der Waals surface area contributed by atoms with Crippen LogP contribution in [-0.2, 0) is 4.74 Å². The smallest absolute Gasteiger partial charge is 0.194 e. The van der Waals surface area contributed by atoms with Crippen LogP contribution in [0.1, 0.15) is 46.5 Å². The molecular formula is C17H32IN3O2. The quantitative estimate of drug-likeness (QED) is 0.394. The zero-order chi connectivity index (χ0) is 15.7. The van der Waals surface area contributed by atoms with Gasteiger partial charge < -0.3 is 20.1 Å². The number of ether oxygens (including phenoxy) is 1. The molecule has 0 aromatic carbocycles. The predicted octanol–water partition coefficient (Wildman–Crippen LogP) is 2.23. The lowest BCUT2D eigenvalue weighted by molar-refractivity contribution is 0.0414. The molecule has 23 heavy (non-hydrogen) atoms. The summed E-state index contributed by atoms with van der Waals surface area (Å²) in [5, 5.41) is 13.9. The van der Waals surface area contributed by atoms with Crippen LogP contribution in [0.4, 0.5) is 0 Å². The van der Waals surface area contributed by atoms with E-state index < -0.39 is 5.60 Å². The minimum atomic E-state index is -0.668. The summed E-state index contributed by atoms with van der Waals surface area (Å²) in [6.07, 6.45) is 4.92. The third kappa shape index (κ3) is 3.79. The summed E-state index contributed by atoms with van der Waals surface area (Å²) in [6, 6.07) is 0. The number of hydrogen-bond acceptors (Lipinski definition) is 3. The van der Waals surface area contributed by atoms with Crippen LogP contribution >= 0.6 is 24.0 Å². The van der Waals surface area contributed by atoms with E-state index in [4.69, 9.17) is 9.73 Å². The third-order valence-corrected chi connectivity index (χ3v) is 5.93. The molecule has 3 saturated heterocycles. The van der Waals surface area contributed by atoms with Crippen LogP contribution in [0.5, 0.6) is 0 Å². The SMILES string of the molecule is CCNC(=NCC(O)(CC)CC)N1CC2C3CCC(O3)C2C1.I. The Balaban J connectivity index is 0.00000192. The molecule has 6 heteroatoms. The summed E-state index contributed by atoms with van der Waals surface area (Å²) in [5.41, 5.74) is -0.668. The van der Waals surface area contributed by atoms with Crippen LogP contribution in [0.15, 0.2) is 4.99 Å². The largest absolute Gasteiger partial charge is 0.388 e.